The van der Waals surface area contributed by atoms with Gasteiger partial charge in [0.1, 0.15) is 0 Å². The second kappa shape index (κ2) is 32.9. The zero-order valence-corrected chi connectivity index (χ0v) is 38.7. The standard InChI is InChI=1S/CHB66/c2-36-56(35)60(63(46(15)16)47(17)18)38(59(44(11)12)45(13)14)1(37(57(40(3)4)41(5)6)58(42(7)8)43(9)10)39(61(64(48(19)20)49(21)22)65(50(23)24)51(25)26)62(66(52(27)28)53(29)30)67(54(31)32)55(33)34/h1H. The van der Waals surface area contributed by atoms with E-state index in [4.69, 9.17) is 263 Å². The Balaban J connectivity index is 11.4. The van der Waals surface area contributed by atoms with Crippen LogP contribution in [0.1, 0.15) is 0 Å². The van der Waals surface area contributed by atoms with Crippen molar-refractivity contribution in [3.8, 4) is 0 Å². The van der Waals surface area contributed by atoms with E-state index in [-0.39, 0.29) is 0 Å². The minimum absolute atomic E-state index is 1.08. The lowest BCUT2D eigenvalue weighted by Gasteiger charge is -2.60. The van der Waals surface area contributed by atoms with Gasteiger partial charge in [0.05, 0.1) is 0 Å². The van der Waals surface area contributed by atoms with E-state index >= 15 is 0 Å². The lowest BCUT2D eigenvalue weighted by molar-refractivity contribution is 1.80. The van der Waals surface area contributed by atoms with Crippen LogP contribution in [0.5, 0.6) is 0 Å². The van der Waals surface area contributed by atoms with Gasteiger partial charge in [0.25, 0.3) is 0 Å². The molecule has 0 aliphatic rings. The molecule has 1 atom stereocenters. The third-order valence-corrected chi connectivity index (χ3v) is 14.0. The van der Waals surface area contributed by atoms with Crippen LogP contribution < -0.4 is 0 Å². The van der Waals surface area contributed by atoms with E-state index in [0.29, 0.717) is 0 Å². The van der Waals surface area contributed by atoms with Crippen LogP contribution in [0.4, 0.5) is 0 Å². The first-order valence-corrected chi connectivity index (χ1v) is 22.0. The maximum atomic E-state index is 7.06. The van der Waals surface area contributed by atoms with Crippen molar-refractivity contribution in [3.63, 3.8) is 0 Å². The highest BCUT2D eigenvalue weighted by atomic mass is 13.7. The van der Waals surface area contributed by atoms with Crippen LogP contribution in [0.3, 0.4) is 0 Å². The first-order chi connectivity index (χ1) is 30.5. The van der Waals surface area contributed by atoms with Crippen molar-refractivity contribution in [2.45, 2.75) is 5.62 Å². The predicted octanol–water partition coefficient (Wildman–Crippen LogP) is -24.8. The number of rotatable bonds is 32. The maximum Gasteiger partial charge on any atom is 0.0294 e. The van der Waals surface area contributed by atoms with Crippen molar-refractivity contribution in [1.29, 1.82) is 0 Å². The van der Waals surface area contributed by atoms with Crippen LogP contribution >= 0.6 is 0 Å². The van der Waals surface area contributed by atoms with Gasteiger partial charge >= 0.3 is 0 Å². The molecule has 0 aliphatic heterocycles. The lowest BCUT2D eigenvalue weighted by Crippen LogP contribution is -2.93. The van der Waals surface area contributed by atoms with Gasteiger partial charge in [-0.25, -0.2) is 0 Å². The highest BCUT2D eigenvalue weighted by Gasteiger charge is 2.63. The molecule has 0 nitrogen and oxygen atoms in total. The minimum Gasteiger partial charge on any atom is -0.146 e. The molecule has 69 radical (unpaired) electrons. The molecule has 67 heavy (non-hydrogen) atoms. The quantitative estimate of drug-likeness (QED) is 0.0606. The molecule has 0 aromatic carbocycles. The molecule has 0 aromatic rings. The van der Waals surface area contributed by atoms with Crippen molar-refractivity contribution in [3.05, 3.63) is 0 Å². The van der Waals surface area contributed by atoms with E-state index in [0.717, 1.165) is 7.06 Å². The zero-order chi connectivity index (χ0) is 53.2. The summed E-state index contributed by atoms with van der Waals surface area (Å²) < 4.78 is 0. The van der Waals surface area contributed by atoms with Crippen LogP contribution in [-0.4, -0.2) is 468 Å². The van der Waals surface area contributed by atoms with E-state index in [1.54, 1.807) is 0 Å². The summed E-state index contributed by atoms with van der Waals surface area (Å²) >= 11 is 0. The topological polar surface area (TPSA) is 0 Å². The van der Waals surface area contributed by atoms with E-state index in [1.165, 1.54) is 0 Å². The van der Waals surface area contributed by atoms with Gasteiger partial charge in [0.2, 0.25) is 0 Å². The van der Waals surface area contributed by atoms with Crippen LogP contribution in [0.2, 0.25) is 5.62 Å². The van der Waals surface area contributed by atoms with Gasteiger partial charge in [0, 0.05) is 468 Å². The molecule has 0 fully saturated rings. The first-order valence-electron chi connectivity index (χ1n) is 22.0. The third-order valence-electron chi connectivity index (χ3n) is 14.0. The Morgan fingerprint density at radius 1 is 0.179 bits per heavy atom. The smallest absolute Gasteiger partial charge is 0.0294 e. The molecule has 0 rings (SSSR count). The summed E-state index contributed by atoms with van der Waals surface area (Å²) in [5, 5.41) is 0. The van der Waals surface area contributed by atoms with E-state index in [1.807, 2.05) is 0 Å². The molecule has 203 valence electrons. The molecule has 0 saturated heterocycles. The number of hydrogen-bond donors (Lipinski definition) is 0. The van der Waals surface area contributed by atoms with E-state index in [9.17, 15) is 0 Å². The molecule has 66 heteroatoms. The highest BCUT2D eigenvalue weighted by Crippen LogP contribution is 2.34. The average molecular weight is 727 g/mol. The Morgan fingerprint density at radius 2 is 0.313 bits per heavy atom. The van der Waals surface area contributed by atoms with Crippen molar-refractivity contribution in [2.24, 2.45) is 0 Å². The van der Waals surface area contributed by atoms with Crippen LogP contribution in [0.25, 0.3) is 0 Å². The largest absolute Gasteiger partial charge is 0.146 e. The van der Waals surface area contributed by atoms with Gasteiger partial charge in [-0.2, -0.15) is 0 Å². The fourth-order valence-corrected chi connectivity index (χ4v) is 11.7. The fraction of sp³-hybridized carbons (Fsp3) is 1.00. The van der Waals surface area contributed by atoms with Gasteiger partial charge in [-0.05, 0) is 0 Å². The molecular formula is CHB66. The van der Waals surface area contributed by atoms with Crippen molar-refractivity contribution in [1.82, 2.24) is 0 Å². The molecular weight excluding hydrogens is 726 g/mol. The Hall–Kier alpha value is 4.29. The normalized spacial score (nSPS) is 10.3. The van der Waals surface area contributed by atoms with Gasteiger partial charge < -0.3 is 0 Å². The summed E-state index contributed by atoms with van der Waals surface area (Å²) in [4.78, 5) is 0. The van der Waals surface area contributed by atoms with Gasteiger partial charge in [0.15, 0.2) is 0 Å². The van der Waals surface area contributed by atoms with Gasteiger partial charge in [-0.3, -0.25) is 0 Å². The van der Waals surface area contributed by atoms with Crippen LogP contribution in [0, 0.1) is 0 Å². The Bertz CT molecular complexity index is 1090. The van der Waals surface area contributed by atoms with Gasteiger partial charge in [-0.15, -0.1) is 5.62 Å². The molecule has 1 unspecified atom stereocenters. The maximum absolute atomic E-state index is 7.06. The Labute approximate surface area is 469 Å². The molecule has 0 amide bonds. The zero-order valence-electron chi connectivity index (χ0n) is 38.7. The Morgan fingerprint density at radius 3 is 0.463 bits per heavy atom. The summed E-state index contributed by atoms with van der Waals surface area (Å²) in [5.41, 5.74) is -1.64. The summed E-state index contributed by atoms with van der Waals surface area (Å²) in [6, 6.07) is 0. The van der Waals surface area contributed by atoms with Gasteiger partial charge in [-0.1, -0.05) is 0 Å². The van der Waals surface area contributed by atoms with E-state index < -0.39 is 204 Å². The summed E-state index contributed by atoms with van der Waals surface area (Å²) in [6.07, 6.45) is -41.6. The van der Waals surface area contributed by atoms with Crippen molar-refractivity contribution < 1.29 is 0 Å². The number of hydrogen-bond acceptors (Lipinski definition) is 0. The van der Waals surface area contributed by atoms with Crippen LogP contribution in [0.15, 0.2) is 0 Å². The summed E-state index contributed by atoms with van der Waals surface area (Å²) in [6.45, 7) is -4.70. The van der Waals surface area contributed by atoms with Crippen molar-refractivity contribution in [2.75, 3.05) is 0 Å². The van der Waals surface area contributed by atoms with Crippen LogP contribution in [-0.2, 0) is 0 Å². The highest BCUT2D eigenvalue weighted by molar-refractivity contribution is 8.27. The monoisotopic (exact) mass is 740 g/mol. The molecule has 0 bridgehead atoms. The SMILES string of the molecule is [B][B]B([B])B(B(B([B])[B])B([B])[B])B(B(B([B])[B])B([B])[B])C(B(B(B([B])[B])B([B])[B])B(B([B])[B])B([B])[B])B(B(B(B([B])[B])B([B])[B])B(B([B])[B])B([B])[B])B(B(B([B])[B])B([B])[B])B(B([B])[B])B([B])[B]. The van der Waals surface area contributed by atoms with Crippen molar-refractivity contribution >= 4 is 468 Å². The summed E-state index contributed by atoms with van der Waals surface area (Å²) in [7, 11) is 229. The first kappa shape index (κ1) is 71.3. The molecule has 0 aromatic heterocycles. The third kappa shape index (κ3) is 19.3. The Kier molecular flexibility index (Phi) is 35.0. The molecule has 0 N–H and O–H groups in total. The molecule has 0 heterocycles. The van der Waals surface area contributed by atoms with E-state index in [2.05, 4.69) is 0 Å². The second-order valence-corrected chi connectivity index (χ2v) is 18.7. The second-order valence-electron chi connectivity index (χ2n) is 18.7. The molecule has 0 saturated carbocycles. The lowest BCUT2D eigenvalue weighted by atomic mass is 8.30. The minimum atomic E-state index is -1.64. The predicted molar refractivity (Wildman–Crippen MR) is 384 cm³/mol. The fourth-order valence-electron chi connectivity index (χ4n) is 11.7. The molecule has 0 spiro atoms. The summed E-state index contributed by atoms with van der Waals surface area (Å²) in [5.74, 6) is 0. The molecule has 0 aliphatic carbocycles. The average Bonchev–Trinajstić information content (AvgIpc) is 3.11.